The van der Waals surface area contributed by atoms with Gasteiger partial charge in [0.05, 0.1) is 6.04 Å². The SMILES string of the molecule is Cc1ccc(OC[C@H]2OCC[C@@H]2N=[N+]=[N-])cc1. The first-order valence-corrected chi connectivity index (χ1v) is 5.65. The highest BCUT2D eigenvalue weighted by molar-refractivity contribution is 5.26. The number of hydrogen-bond donors (Lipinski definition) is 0. The van der Waals surface area contributed by atoms with Crippen LogP contribution in [0.25, 0.3) is 10.4 Å². The average molecular weight is 233 g/mol. The van der Waals surface area contributed by atoms with Crippen LogP contribution >= 0.6 is 0 Å². The third kappa shape index (κ3) is 3.12. The van der Waals surface area contributed by atoms with Crippen LogP contribution in [0.3, 0.4) is 0 Å². The molecule has 0 radical (unpaired) electrons. The molecule has 0 spiro atoms. The highest BCUT2D eigenvalue weighted by Crippen LogP contribution is 2.19. The summed E-state index contributed by atoms with van der Waals surface area (Å²) in [6, 6.07) is 7.73. The second kappa shape index (κ2) is 5.57. The lowest BCUT2D eigenvalue weighted by molar-refractivity contribution is 0.0616. The van der Waals surface area contributed by atoms with Crippen molar-refractivity contribution in [3.8, 4) is 5.75 Å². The first-order valence-electron chi connectivity index (χ1n) is 5.65. The van der Waals surface area contributed by atoms with Crippen molar-refractivity contribution in [1.29, 1.82) is 0 Å². The smallest absolute Gasteiger partial charge is 0.119 e. The van der Waals surface area contributed by atoms with Gasteiger partial charge in [0, 0.05) is 11.5 Å². The summed E-state index contributed by atoms with van der Waals surface area (Å²) in [5.74, 6) is 0.811. The summed E-state index contributed by atoms with van der Waals surface area (Å²) < 4.78 is 11.1. The Balaban J connectivity index is 1.89. The fraction of sp³-hybridized carbons (Fsp3) is 0.500. The minimum Gasteiger partial charge on any atom is -0.491 e. The van der Waals surface area contributed by atoms with Crippen molar-refractivity contribution in [2.45, 2.75) is 25.5 Å². The van der Waals surface area contributed by atoms with Crippen LogP contribution < -0.4 is 4.74 Å². The summed E-state index contributed by atoms with van der Waals surface area (Å²) in [4.78, 5) is 2.82. The number of azide groups is 1. The standard InChI is InChI=1S/C12H15N3O2/c1-9-2-4-10(5-3-9)17-8-12-11(14-15-13)6-7-16-12/h2-5,11-12H,6-8H2,1H3/t11-,12+/m0/s1. The molecule has 1 heterocycles. The predicted octanol–water partition coefficient (Wildman–Crippen LogP) is 2.84. The van der Waals surface area contributed by atoms with Gasteiger partial charge in [0.25, 0.3) is 0 Å². The maximum Gasteiger partial charge on any atom is 0.119 e. The van der Waals surface area contributed by atoms with Crippen molar-refractivity contribution in [2.24, 2.45) is 5.11 Å². The van der Waals surface area contributed by atoms with Crippen LogP contribution in [-0.2, 0) is 4.74 Å². The highest BCUT2D eigenvalue weighted by atomic mass is 16.5. The lowest BCUT2D eigenvalue weighted by Crippen LogP contribution is -2.26. The molecular weight excluding hydrogens is 218 g/mol. The summed E-state index contributed by atoms with van der Waals surface area (Å²) in [7, 11) is 0. The normalized spacial score (nSPS) is 23.1. The van der Waals surface area contributed by atoms with Crippen molar-refractivity contribution >= 4 is 0 Å². The second-order valence-corrected chi connectivity index (χ2v) is 4.09. The van der Waals surface area contributed by atoms with Crippen LogP contribution in [0, 0.1) is 6.92 Å². The third-order valence-corrected chi connectivity index (χ3v) is 2.81. The molecule has 1 aromatic rings. The van der Waals surface area contributed by atoms with E-state index < -0.39 is 0 Å². The molecule has 1 saturated heterocycles. The Morgan fingerprint density at radius 2 is 2.24 bits per heavy atom. The molecule has 0 amide bonds. The zero-order chi connectivity index (χ0) is 12.1. The molecule has 90 valence electrons. The van der Waals surface area contributed by atoms with E-state index in [9.17, 15) is 0 Å². The van der Waals surface area contributed by atoms with Gasteiger partial charge in [-0.2, -0.15) is 0 Å². The molecule has 1 aromatic carbocycles. The molecule has 2 rings (SSSR count). The Hall–Kier alpha value is -1.71. The van der Waals surface area contributed by atoms with Gasteiger partial charge in [-0.05, 0) is 31.0 Å². The topological polar surface area (TPSA) is 67.2 Å². The molecule has 0 unspecified atom stereocenters. The predicted molar refractivity (Wildman–Crippen MR) is 64.0 cm³/mol. The van der Waals surface area contributed by atoms with E-state index in [-0.39, 0.29) is 12.1 Å². The minimum absolute atomic E-state index is 0.106. The maximum absolute atomic E-state index is 8.42. The minimum atomic E-state index is -0.132. The van der Waals surface area contributed by atoms with Gasteiger partial charge < -0.3 is 9.47 Å². The molecule has 1 aliphatic heterocycles. The fourth-order valence-corrected chi connectivity index (χ4v) is 1.81. The van der Waals surface area contributed by atoms with Crippen LogP contribution in [-0.4, -0.2) is 25.4 Å². The Kier molecular flexibility index (Phi) is 3.85. The molecule has 1 fully saturated rings. The first kappa shape index (κ1) is 11.8. The summed E-state index contributed by atoms with van der Waals surface area (Å²) in [6.45, 7) is 3.08. The Labute approximate surface area is 100.0 Å². The van der Waals surface area contributed by atoms with E-state index >= 15 is 0 Å². The van der Waals surface area contributed by atoms with Gasteiger partial charge in [0.15, 0.2) is 0 Å². The molecule has 5 nitrogen and oxygen atoms in total. The van der Waals surface area contributed by atoms with Crippen molar-refractivity contribution in [1.82, 2.24) is 0 Å². The van der Waals surface area contributed by atoms with E-state index in [0.717, 1.165) is 12.2 Å². The van der Waals surface area contributed by atoms with Crippen LogP contribution in [0.1, 0.15) is 12.0 Å². The van der Waals surface area contributed by atoms with Gasteiger partial charge in [0.2, 0.25) is 0 Å². The third-order valence-electron chi connectivity index (χ3n) is 2.81. The number of rotatable bonds is 4. The summed E-state index contributed by atoms with van der Waals surface area (Å²) in [6.07, 6.45) is 0.638. The molecule has 0 aromatic heterocycles. The number of ether oxygens (including phenoxy) is 2. The van der Waals surface area contributed by atoms with Gasteiger partial charge in [-0.3, -0.25) is 0 Å². The molecule has 0 saturated carbocycles. The van der Waals surface area contributed by atoms with Crippen LogP contribution in [0.2, 0.25) is 0 Å². The highest BCUT2D eigenvalue weighted by Gasteiger charge is 2.27. The quantitative estimate of drug-likeness (QED) is 0.456. The van der Waals surface area contributed by atoms with Crippen LogP contribution in [0.15, 0.2) is 29.4 Å². The second-order valence-electron chi connectivity index (χ2n) is 4.09. The van der Waals surface area contributed by atoms with E-state index in [1.54, 1.807) is 0 Å². The van der Waals surface area contributed by atoms with Crippen molar-refractivity contribution in [3.63, 3.8) is 0 Å². The molecule has 17 heavy (non-hydrogen) atoms. The Morgan fingerprint density at radius 3 is 2.94 bits per heavy atom. The summed E-state index contributed by atoms with van der Waals surface area (Å²) in [5.41, 5.74) is 9.62. The zero-order valence-electron chi connectivity index (χ0n) is 9.74. The molecule has 0 aliphatic carbocycles. The number of aryl methyl sites for hydroxylation is 1. The number of hydrogen-bond acceptors (Lipinski definition) is 3. The molecular formula is C12H15N3O2. The lowest BCUT2D eigenvalue weighted by atomic mass is 10.2. The van der Waals surface area contributed by atoms with E-state index in [0.29, 0.717) is 13.2 Å². The Morgan fingerprint density at radius 1 is 1.47 bits per heavy atom. The van der Waals surface area contributed by atoms with Crippen molar-refractivity contribution in [2.75, 3.05) is 13.2 Å². The molecule has 2 atom stereocenters. The monoisotopic (exact) mass is 233 g/mol. The van der Waals surface area contributed by atoms with Gasteiger partial charge in [-0.1, -0.05) is 22.8 Å². The number of nitrogens with zero attached hydrogens (tertiary/aromatic N) is 3. The fourth-order valence-electron chi connectivity index (χ4n) is 1.81. The lowest BCUT2D eigenvalue weighted by Gasteiger charge is -2.15. The average Bonchev–Trinajstić information content (AvgIpc) is 2.77. The van der Waals surface area contributed by atoms with Crippen molar-refractivity contribution in [3.05, 3.63) is 40.3 Å². The molecule has 0 bridgehead atoms. The van der Waals surface area contributed by atoms with E-state index in [2.05, 4.69) is 10.0 Å². The van der Waals surface area contributed by atoms with Crippen LogP contribution in [0.4, 0.5) is 0 Å². The van der Waals surface area contributed by atoms with E-state index in [1.807, 2.05) is 31.2 Å². The van der Waals surface area contributed by atoms with E-state index in [1.165, 1.54) is 5.56 Å². The zero-order valence-corrected chi connectivity index (χ0v) is 9.74. The van der Waals surface area contributed by atoms with Gasteiger partial charge >= 0.3 is 0 Å². The molecule has 5 heteroatoms. The summed E-state index contributed by atoms with van der Waals surface area (Å²) in [5, 5.41) is 3.71. The molecule has 0 N–H and O–H groups in total. The van der Waals surface area contributed by atoms with Gasteiger partial charge in [-0.25, -0.2) is 0 Å². The summed E-state index contributed by atoms with van der Waals surface area (Å²) >= 11 is 0. The van der Waals surface area contributed by atoms with E-state index in [4.69, 9.17) is 15.0 Å². The molecule has 1 aliphatic rings. The van der Waals surface area contributed by atoms with Crippen LogP contribution in [0.5, 0.6) is 5.75 Å². The Bertz CT molecular complexity index is 412. The largest absolute Gasteiger partial charge is 0.491 e. The van der Waals surface area contributed by atoms with Gasteiger partial charge in [-0.15, -0.1) is 0 Å². The number of benzene rings is 1. The van der Waals surface area contributed by atoms with Gasteiger partial charge in [0.1, 0.15) is 18.5 Å². The first-order chi connectivity index (χ1) is 8.29. The maximum atomic E-state index is 8.42. The van der Waals surface area contributed by atoms with Crippen molar-refractivity contribution < 1.29 is 9.47 Å².